The summed E-state index contributed by atoms with van der Waals surface area (Å²) in [5.74, 6) is 0. The first kappa shape index (κ1) is 9.66. The van der Waals surface area contributed by atoms with Crippen LogP contribution in [0.15, 0.2) is 22.7 Å². The summed E-state index contributed by atoms with van der Waals surface area (Å²) >= 11 is 20.4. The topological polar surface area (TPSA) is 0 Å². The highest BCUT2D eigenvalue weighted by atomic mass is 79.9. The van der Waals surface area contributed by atoms with Gasteiger partial charge in [0.25, 0.3) is 0 Å². The van der Waals surface area contributed by atoms with Gasteiger partial charge in [-0.25, -0.2) is 0 Å². The van der Waals surface area contributed by atoms with E-state index in [1.807, 2.05) is 6.07 Å². The molecule has 0 heterocycles. The molecule has 0 aliphatic carbocycles. The molecular weight excluding hydrogens is 270 g/mol. The lowest BCUT2D eigenvalue weighted by Crippen LogP contribution is -1.82. The van der Waals surface area contributed by atoms with Crippen LogP contribution >= 0.6 is 50.7 Å². The van der Waals surface area contributed by atoms with Crippen molar-refractivity contribution in [1.29, 1.82) is 0 Å². The van der Waals surface area contributed by atoms with Gasteiger partial charge in [-0.1, -0.05) is 33.6 Å². The van der Waals surface area contributed by atoms with Gasteiger partial charge in [-0.2, -0.15) is 0 Å². The molecule has 1 aromatic rings. The van der Waals surface area contributed by atoms with E-state index in [1.165, 1.54) is 0 Å². The van der Waals surface area contributed by atoms with Gasteiger partial charge < -0.3 is 0 Å². The van der Waals surface area contributed by atoms with Gasteiger partial charge in [0.15, 0.2) is 0 Å². The van der Waals surface area contributed by atoms with Crippen LogP contribution in [-0.2, 0) is 0 Å². The number of hydrogen-bond donors (Lipinski definition) is 0. The molecule has 0 aliphatic rings. The van der Waals surface area contributed by atoms with Crippen molar-refractivity contribution in [2.45, 2.75) is 4.84 Å². The maximum Gasteiger partial charge on any atom is 0.134 e. The van der Waals surface area contributed by atoms with E-state index in [4.69, 9.17) is 34.8 Å². The minimum Gasteiger partial charge on any atom is -0.100 e. The van der Waals surface area contributed by atoms with E-state index in [1.54, 1.807) is 12.1 Å². The average Bonchev–Trinajstić information content (AvgIpc) is 1.85. The van der Waals surface area contributed by atoms with Crippen molar-refractivity contribution in [3.63, 3.8) is 0 Å². The summed E-state index contributed by atoms with van der Waals surface area (Å²) in [7, 11) is 0. The van der Waals surface area contributed by atoms with Gasteiger partial charge >= 0.3 is 0 Å². The zero-order chi connectivity index (χ0) is 8.43. The average molecular weight is 274 g/mol. The van der Waals surface area contributed by atoms with Gasteiger partial charge in [-0.05, 0) is 12.1 Å². The van der Waals surface area contributed by atoms with Gasteiger partial charge in [-0.3, -0.25) is 0 Å². The van der Waals surface area contributed by atoms with E-state index in [0.717, 1.165) is 10.0 Å². The van der Waals surface area contributed by atoms with Gasteiger partial charge in [-0.15, -0.1) is 23.2 Å². The molecule has 1 rings (SSSR count). The normalized spacial score (nSPS) is 10.6. The van der Waals surface area contributed by atoms with E-state index in [2.05, 4.69) is 15.9 Å². The van der Waals surface area contributed by atoms with Crippen LogP contribution in [0.4, 0.5) is 0 Å². The molecule has 0 saturated heterocycles. The molecule has 0 nitrogen and oxygen atoms in total. The summed E-state index contributed by atoms with van der Waals surface area (Å²) in [6, 6.07) is 5.39. The minimum atomic E-state index is -0.560. The summed E-state index contributed by atoms with van der Waals surface area (Å²) in [4.78, 5) is -0.560. The standard InChI is InChI=1S/C7H4BrCl3/c8-4-1-2-5(7(10)11)6(9)3-4/h1-3,7H. The first-order chi connectivity index (χ1) is 5.11. The molecule has 0 amide bonds. The van der Waals surface area contributed by atoms with Gasteiger partial charge in [0, 0.05) is 15.1 Å². The first-order valence-electron chi connectivity index (χ1n) is 2.84. The van der Waals surface area contributed by atoms with E-state index in [-0.39, 0.29) is 0 Å². The second-order valence-electron chi connectivity index (χ2n) is 1.97. The number of rotatable bonds is 1. The van der Waals surface area contributed by atoms with Crippen LogP contribution in [0, 0.1) is 0 Å². The van der Waals surface area contributed by atoms with Crippen LogP contribution in [0.25, 0.3) is 0 Å². The van der Waals surface area contributed by atoms with Crippen LogP contribution in [0.3, 0.4) is 0 Å². The Morgan fingerprint density at radius 1 is 1.27 bits per heavy atom. The highest BCUT2D eigenvalue weighted by Crippen LogP contribution is 2.32. The number of hydrogen-bond acceptors (Lipinski definition) is 0. The van der Waals surface area contributed by atoms with E-state index in [9.17, 15) is 0 Å². The lowest BCUT2D eigenvalue weighted by molar-refractivity contribution is 1.34. The highest BCUT2D eigenvalue weighted by Gasteiger charge is 2.07. The maximum absolute atomic E-state index is 5.83. The quantitative estimate of drug-likeness (QED) is 0.658. The summed E-state index contributed by atoms with van der Waals surface area (Å²) in [6.07, 6.45) is 0. The Morgan fingerprint density at radius 2 is 1.91 bits per heavy atom. The Labute approximate surface area is 88.6 Å². The van der Waals surface area contributed by atoms with Crippen molar-refractivity contribution in [2.24, 2.45) is 0 Å². The number of halogens is 4. The Bertz CT molecular complexity index is 260. The van der Waals surface area contributed by atoms with Crippen molar-refractivity contribution >= 4 is 50.7 Å². The Hall–Kier alpha value is 0.570. The first-order valence-corrected chi connectivity index (χ1v) is 4.88. The number of alkyl halides is 2. The van der Waals surface area contributed by atoms with Gasteiger partial charge in [0.05, 0.1) is 0 Å². The molecule has 0 radical (unpaired) electrons. The molecule has 0 aliphatic heterocycles. The monoisotopic (exact) mass is 272 g/mol. The predicted octanol–water partition coefficient (Wildman–Crippen LogP) is 4.58. The fraction of sp³-hybridized carbons (Fsp3) is 0.143. The summed E-state index contributed by atoms with van der Waals surface area (Å²) in [5, 5.41) is 0.578. The molecular formula is C7H4BrCl3. The SMILES string of the molecule is Clc1cc(Br)ccc1C(Cl)Cl. The predicted molar refractivity (Wildman–Crippen MR) is 53.6 cm³/mol. The zero-order valence-electron chi connectivity index (χ0n) is 5.32. The van der Waals surface area contributed by atoms with Crippen molar-refractivity contribution in [1.82, 2.24) is 0 Å². The fourth-order valence-corrected chi connectivity index (χ4v) is 1.95. The van der Waals surface area contributed by atoms with Crippen LogP contribution in [-0.4, -0.2) is 0 Å². The Morgan fingerprint density at radius 3 is 2.36 bits per heavy atom. The van der Waals surface area contributed by atoms with E-state index >= 15 is 0 Å². The molecule has 0 atom stereocenters. The van der Waals surface area contributed by atoms with Crippen LogP contribution in [0.1, 0.15) is 10.4 Å². The maximum atomic E-state index is 5.83. The third-order valence-corrected chi connectivity index (χ3v) is 2.49. The highest BCUT2D eigenvalue weighted by molar-refractivity contribution is 9.10. The van der Waals surface area contributed by atoms with Crippen molar-refractivity contribution in [3.8, 4) is 0 Å². The molecule has 0 aromatic heterocycles. The summed E-state index contributed by atoms with van der Waals surface area (Å²) < 4.78 is 0.917. The molecule has 1 aromatic carbocycles. The second-order valence-corrected chi connectivity index (χ2v) is 4.39. The molecule has 11 heavy (non-hydrogen) atoms. The summed E-state index contributed by atoms with van der Waals surface area (Å²) in [5.41, 5.74) is 0.734. The number of benzene rings is 1. The summed E-state index contributed by atoms with van der Waals surface area (Å²) in [6.45, 7) is 0. The largest absolute Gasteiger partial charge is 0.134 e. The smallest absolute Gasteiger partial charge is 0.100 e. The minimum absolute atomic E-state index is 0.560. The van der Waals surface area contributed by atoms with Crippen molar-refractivity contribution in [2.75, 3.05) is 0 Å². The van der Waals surface area contributed by atoms with E-state index in [0.29, 0.717) is 5.02 Å². The van der Waals surface area contributed by atoms with Gasteiger partial charge in [0.2, 0.25) is 0 Å². The molecule has 0 fully saturated rings. The lowest BCUT2D eigenvalue weighted by atomic mass is 10.2. The molecule has 0 spiro atoms. The van der Waals surface area contributed by atoms with Gasteiger partial charge in [0.1, 0.15) is 4.84 Å². The molecule has 0 bridgehead atoms. The third kappa shape index (κ3) is 2.51. The Balaban J connectivity index is 3.09. The second kappa shape index (κ2) is 3.99. The zero-order valence-corrected chi connectivity index (χ0v) is 9.18. The van der Waals surface area contributed by atoms with Crippen LogP contribution < -0.4 is 0 Å². The third-order valence-electron chi connectivity index (χ3n) is 1.20. The van der Waals surface area contributed by atoms with Crippen molar-refractivity contribution in [3.05, 3.63) is 33.3 Å². The Kier molecular flexibility index (Phi) is 3.51. The molecule has 0 saturated carbocycles. The van der Waals surface area contributed by atoms with Crippen molar-refractivity contribution < 1.29 is 0 Å². The lowest BCUT2D eigenvalue weighted by Gasteiger charge is -2.03. The fourth-order valence-electron chi connectivity index (χ4n) is 0.678. The van der Waals surface area contributed by atoms with E-state index < -0.39 is 4.84 Å². The molecule has 0 N–H and O–H groups in total. The molecule has 0 unspecified atom stereocenters. The van der Waals surface area contributed by atoms with Crippen LogP contribution in [0.2, 0.25) is 5.02 Å². The molecule has 4 heteroatoms. The van der Waals surface area contributed by atoms with Crippen LogP contribution in [0.5, 0.6) is 0 Å². The molecule has 60 valence electrons.